The third-order valence-corrected chi connectivity index (χ3v) is 4.09. The molecule has 126 valence electrons. The number of hydrogen-bond donors (Lipinski definition) is 1. The Morgan fingerprint density at radius 3 is 2.71 bits per heavy atom. The Labute approximate surface area is 142 Å². The standard InChI is InChI=1S/C20H22O4/c21-17(13-23-12-15-5-2-1-3-6-15)14-24-18-9-10-19-16(11-18)7-4-8-20(19)22/h1-3,5-6,9-11,17,21H,4,7-8,12-14H2. The summed E-state index contributed by atoms with van der Waals surface area (Å²) < 4.78 is 11.1. The minimum atomic E-state index is -0.689. The van der Waals surface area contributed by atoms with E-state index in [4.69, 9.17) is 9.47 Å². The van der Waals surface area contributed by atoms with E-state index >= 15 is 0 Å². The summed E-state index contributed by atoms with van der Waals surface area (Å²) in [5.74, 6) is 0.891. The van der Waals surface area contributed by atoms with E-state index in [2.05, 4.69) is 0 Å². The lowest BCUT2D eigenvalue weighted by molar-refractivity contribution is 0.00547. The molecule has 0 spiro atoms. The number of rotatable bonds is 7. The Morgan fingerprint density at radius 1 is 1.04 bits per heavy atom. The monoisotopic (exact) mass is 326 g/mol. The van der Waals surface area contributed by atoms with Gasteiger partial charge in [0.2, 0.25) is 0 Å². The first-order valence-electron chi connectivity index (χ1n) is 8.31. The molecule has 0 amide bonds. The van der Waals surface area contributed by atoms with Crippen LogP contribution in [0.15, 0.2) is 48.5 Å². The van der Waals surface area contributed by atoms with E-state index in [1.807, 2.05) is 42.5 Å². The van der Waals surface area contributed by atoms with Gasteiger partial charge in [-0.15, -0.1) is 0 Å². The van der Waals surface area contributed by atoms with E-state index in [1.54, 1.807) is 6.07 Å². The number of benzene rings is 2. The number of ketones is 1. The zero-order valence-corrected chi connectivity index (χ0v) is 13.6. The molecular weight excluding hydrogens is 304 g/mol. The van der Waals surface area contributed by atoms with Crippen LogP contribution in [-0.2, 0) is 17.8 Å². The van der Waals surface area contributed by atoms with Gasteiger partial charge in [0.15, 0.2) is 5.78 Å². The van der Waals surface area contributed by atoms with Gasteiger partial charge >= 0.3 is 0 Å². The highest BCUT2D eigenvalue weighted by Crippen LogP contribution is 2.25. The molecule has 1 unspecified atom stereocenters. The Kier molecular flexibility index (Phi) is 5.62. The smallest absolute Gasteiger partial charge is 0.163 e. The first-order valence-corrected chi connectivity index (χ1v) is 8.31. The van der Waals surface area contributed by atoms with Crippen LogP contribution in [0.25, 0.3) is 0 Å². The fraction of sp³-hybridized carbons (Fsp3) is 0.350. The fourth-order valence-corrected chi connectivity index (χ4v) is 2.84. The summed E-state index contributed by atoms with van der Waals surface area (Å²) in [6.07, 6.45) is 1.74. The summed E-state index contributed by atoms with van der Waals surface area (Å²) in [5.41, 5.74) is 2.92. The van der Waals surface area contributed by atoms with Gasteiger partial charge in [-0.05, 0) is 42.2 Å². The summed E-state index contributed by atoms with van der Waals surface area (Å²) in [4.78, 5) is 11.8. The van der Waals surface area contributed by atoms with E-state index < -0.39 is 6.10 Å². The minimum Gasteiger partial charge on any atom is -0.491 e. The van der Waals surface area contributed by atoms with E-state index in [1.165, 1.54) is 0 Å². The van der Waals surface area contributed by atoms with Crippen molar-refractivity contribution in [3.05, 3.63) is 65.2 Å². The molecular formula is C20H22O4. The number of aliphatic hydroxyl groups excluding tert-OH is 1. The molecule has 0 aromatic heterocycles. The van der Waals surface area contributed by atoms with Gasteiger partial charge in [-0.1, -0.05) is 30.3 Å². The first-order chi connectivity index (χ1) is 11.7. The van der Waals surface area contributed by atoms with Crippen molar-refractivity contribution in [2.45, 2.75) is 32.0 Å². The van der Waals surface area contributed by atoms with Crippen LogP contribution < -0.4 is 4.74 Å². The van der Waals surface area contributed by atoms with Crippen molar-refractivity contribution >= 4 is 5.78 Å². The second-order valence-corrected chi connectivity index (χ2v) is 6.06. The van der Waals surface area contributed by atoms with Crippen molar-refractivity contribution in [1.82, 2.24) is 0 Å². The molecule has 2 aromatic rings. The van der Waals surface area contributed by atoms with Crippen LogP contribution >= 0.6 is 0 Å². The third kappa shape index (κ3) is 4.43. The van der Waals surface area contributed by atoms with Crippen molar-refractivity contribution < 1.29 is 19.4 Å². The Balaban J connectivity index is 1.44. The lowest BCUT2D eigenvalue weighted by Crippen LogP contribution is -2.23. The molecule has 0 saturated carbocycles. The summed E-state index contributed by atoms with van der Waals surface area (Å²) in [7, 11) is 0. The molecule has 2 aromatic carbocycles. The highest BCUT2D eigenvalue weighted by Gasteiger charge is 2.17. The van der Waals surface area contributed by atoms with Gasteiger partial charge in [0, 0.05) is 12.0 Å². The SMILES string of the molecule is O=C1CCCc2cc(OCC(O)COCc3ccccc3)ccc21. The first kappa shape index (κ1) is 16.7. The molecule has 1 atom stereocenters. The minimum absolute atomic E-state index is 0.168. The predicted molar refractivity (Wildman–Crippen MR) is 91.3 cm³/mol. The molecule has 24 heavy (non-hydrogen) atoms. The van der Waals surface area contributed by atoms with Crippen LogP contribution in [0, 0.1) is 0 Å². The normalized spacial score (nSPS) is 15.0. The maximum Gasteiger partial charge on any atom is 0.163 e. The summed E-state index contributed by atoms with van der Waals surface area (Å²) in [6.45, 7) is 0.860. The molecule has 4 heteroatoms. The van der Waals surface area contributed by atoms with Crippen LogP contribution in [0.5, 0.6) is 5.75 Å². The average molecular weight is 326 g/mol. The summed E-state index contributed by atoms with van der Waals surface area (Å²) >= 11 is 0. The number of fused-ring (bicyclic) bond motifs is 1. The second-order valence-electron chi connectivity index (χ2n) is 6.06. The van der Waals surface area contributed by atoms with Gasteiger partial charge in [-0.3, -0.25) is 4.79 Å². The van der Waals surface area contributed by atoms with Crippen LogP contribution in [0.3, 0.4) is 0 Å². The number of ether oxygens (including phenoxy) is 2. The number of aliphatic hydroxyl groups is 1. The molecule has 0 saturated heterocycles. The number of aryl methyl sites for hydroxylation is 1. The average Bonchev–Trinajstić information content (AvgIpc) is 2.61. The maximum atomic E-state index is 11.8. The molecule has 0 bridgehead atoms. The van der Waals surface area contributed by atoms with Crippen LogP contribution in [0.1, 0.15) is 34.3 Å². The van der Waals surface area contributed by atoms with Gasteiger partial charge in [-0.2, -0.15) is 0 Å². The lowest BCUT2D eigenvalue weighted by Gasteiger charge is -2.17. The molecule has 3 rings (SSSR count). The maximum absolute atomic E-state index is 11.8. The fourth-order valence-electron chi connectivity index (χ4n) is 2.84. The zero-order chi connectivity index (χ0) is 16.8. The van der Waals surface area contributed by atoms with Crippen molar-refractivity contribution in [3.63, 3.8) is 0 Å². The zero-order valence-electron chi connectivity index (χ0n) is 13.6. The van der Waals surface area contributed by atoms with Crippen LogP contribution in [0.4, 0.5) is 0 Å². The van der Waals surface area contributed by atoms with Gasteiger partial charge in [0.1, 0.15) is 18.5 Å². The molecule has 0 radical (unpaired) electrons. The third-order valence-electron chi connectivity index (χ3n) is 4.09. The molecule has 1 aliphatic carbocycles. The van der Waals surface area contributed by atoms with E-state index in [-0.39, 0.29) is 19.0 Å². The number of carbonyl (C=O) groups excluding carboxylic acids is 1. The quantitative estimate of drug-likeness (QED) is 0.849. The van der Waals surface area contributed by atoms with Gasteiger partial charge < -0.3 is 14.6 Å². The molecule has 0 fully saturated rings. The van der Waals surface area contributed by atoms with Gasteiger partial charge in [0.05, 0.1) is 13.2 Å². The molecule has 1 aliphatic rings. The topological polar surface area (TPSA) is 55.8 Å². The largest absolute Gasteiger partial charge is 0.491 e. The van der Waals surface area contributed by atoms with Crippen LogP contribution in [0.2, 0.25) is 0 Å². The Hall–Kier alpha value is -2.17. The Morgan fingerprint density at radius 2 is 1.88 bits per heavy atom. The van der Waals surface area contributed by atoms with Crippen LogP contribution in [-0.4, -0.2) is 30.2 Å². The summed E-state index contributed by atoms with van der Waals surface area (Å²) in [6, 6.07) is 15.4. The van der Waals surface area contributed by atoms with Gasteiger partial charge in [0.25, 0.3) is 0 Å². The number of carbonyl (C=O) groups is 1. The molecule has 0 heterocycles. The van der Waals surface area contributed by atoms with E-state index in [9.17, 15) is 9.90 Å². The Bertz CT molecular complexity index is 681. The highest BCUT2D eigenvalue weighted by atomic mass is 16.5. The molecule has 0 aliphatic heterocycles. The highest BCUT2D eigenvalue weighted by molar-refractivity contribution is 5.98. The second kappa shape index (κ2) is 8.08. The van der Waals surface area contributed by atoms with Crippen molar-refractivity contribution in [2.75, 3.05) is 13.2 Å². The lowest BCUT2D eigenvalue weighted by atomic mass is 9.90. The number of hydrogen-bond acceptors (Lipinski definition) is 4. The van der Waals surface area contributed by atoms with E-state index in [0.29, 0.717) is 18.8 Å². The predicted octanol–water partition coefficient (Wildman–Crippen LogP) is 3.16. The van der Waals surface area contributed by atoms with E-state index in [0.717, 1.165) is 29.5 Å². The van der Waals surface area contributed by atoms with Gasteiger partial charge in [-0.25, -0.2) is 0 Å². The summed E-state index contributed by atoms with van der Waals surface area (Å²) in [5, 5.41) is 9.96. The van der Waals surface area contributed by atoms with Crippen molar-refractivity contribution in [2.24, 2.45) is 0 Å². The molecule has 4 nitrogen and oxygen atoms in total. The van der Waals surface area contributed by atoms with Crippen molar-refractivity contribution in [1.29, 1.82) is 0 Å². The van der Waals surface area contributed by atoms with Crippen molar-refractivity contribution in [3.8, 4) is 5.75 Å². The number of Topliss-reactive ketones (excluding diaryl/α,β-unsaturated/α-hetero) is 1. The molecule has 1 N–H and O–H groups in total.